The van der Waals surface area contributed by atoms with E-state index in [0.29, 0.717) is 6.42 Å². The van der Waals surface area contributed by atoms with Gasteiger partial charge in [0.05, 0.1) is 10.6 Å². The molecule has 1 atom stereocenters. The molecule has 17 heavy (non-hydrogen) atoms. The molecule has 1 nitrogen and oxygen atoms in total. The van der Waals surface area contributed by atoms with E-state index in [-0.39, 0.29) is 22.3 Å². The lowest BCUT2D eigenvalue weighted by molar-refractivity contribution is -0.137. The zero-order chi connectivity index (χ0) is 13.2. The molecule has 94 valence electrons. The van der Waals surface area contributed by atoms with Crippen LogP contribution in [-0.4, -0.2) is 5.78 Å². The summed E-state index contributed by atoms with van der Waals surface area (Å²) in [6, 6.07) is 2.80. The molecule has 0 aliphatic heterocycles. The summed E-state index contributed by atoms with van der Waals surface area (Å²) < 4.78 is 37.1. The second-order valence-electron chi connectivity index (χ2n) is 3.87. The van der Waals surface area contributed by atoms with Crippen molar-refractivity contribution >= 4 is 17.4 Å². The Morgan fingerprint density at radius 2 is 2.00 bits per heavy atom. The van der Waals surface area contributed by atoms with E-state index < -0.39 is 11.7 Å². The van der Waals surface area contributed by atoms with E-state index in [1.54, 1.807) is 6.92 Å². The maximum absolute atomic E-state index is 12.4. The minimum absolute atomic E-state index is 0.147. The molecule has 0 radical (unpaired) electrons. The van der Waals surface area contributed by atoms with Crippen LogP contribution in [0, 0.1) is 5.92 Å². The first-order chi connectivity index (χ1) is 7.77. The SMILES string of the molecule is CCC(C)C(=O)c1ccc(C(F)(F)F)cc1Cl. The average Bonchev–Trinajstić information content (AvgIpc) is 2.25. The van der Waals surface area contributed by atoms with Crippen LogP contribution in [0.3, 0.4) is 0 Å². The predicted molar refractivity (Wildman–Crippen MR) is 60.2 cm³/mol. The summed E-state index contributed by atoms with van der Waals surface area (Å²) in [5.74, 6) is -0.476. The van der Waals surface area contributed by atoms with E-state index in [2.05, 4.69) is 0 Å². The molecule has 1 unspecified atom stereocenters. The van der Waals surface area contributed by atoms with Crippen molar-refractivity contribution in [2.45, 2.75) is 26.4 Å². The monoisotopic (exact) mass is 264 g/mol. The van der Waals surface area contributed by atoms with E-state index >= 15 is 0 Å². The molecule has 0 spiro atoms. The summed E-state index contributed by atoms with van der Waals surface area (Å²) in [7, 11) is 0. The third-order valence-corrected chi connectivity index (χ3v) is 2.93. The van der Waals surface area contributed by atoms with Gasteiger partial charge < -0.3 is 0 Å². The van der Waals surface area contributed by atoms with Gasteiger partial charge in [0.25, 0.3) is 0 Å². The highest BCUT2D eigenvalue weighted by Gasteiger charge is 2.31. The molecule has 0 fully saturated rings. The van der Waals surface area contributed by atoms with Crippen molar-refractivity contribution in [2.24, 2.45) is 5.92 Å². The highest BCUT2D eigenvalue weighted by molar-refractivity contribution is 6.34. The third-order valence-electron chi connectivity index (χ3n) is 2.62. The van der Waals surface area contributed by atoms with Gasteiger partial charge in [0.1, 0.15) is 0 Å². The van der Waals surface area contributed by atoms with Gasteiger partial charge in [-0.05, 0) is 24.6 Å². The predicted octanol–water partition coefficient (Wildman–Crippen LogP) is 4.59. The van der Waals surface area contributed by atoms with Crippen molar-refractivity contribution in [3.63, 3.8) is 0 Å². The standard InChI is InChI=1S/C12H12ClF3O/c1-3-7(2)11(17)9-5-4-8(6-10(9)13)12(14,15)16/h4-7H,3H2,1-2H3. The molecular weight excluding hydrogens is 253 g/mol. The highest BCUT2D eigenvalue weighted by Crippen LogP contribution is 2.32. The van der Waals surface area contributed by atoms with Crippen molar-refractivity contribution in [3.05, 3.63) is 34.3 Å². The normalized spacial score (nSPS) is 13.5. The molecule has 1 aromatic rings. The first-order valence-electron chi connectivity index (χ1n) is 5.18. The van der Waals surface area contributed by atoms with E-state index in [1.165, 1.54) is 0 Å². The van der Waals surface area contributed by atoms with Crippen LogP contribution < -0.4 is 0 Å². The van der Waals surface area contributed by atoms with E-state index in [9.17, 15) is 18.0 Å². The molecule has 0 amide bonds. The quantitative estimate of drug-likeness (QED) is 0.730. The first kappa shape index (κ1) is 14.0. The molecule has 0 bridgehead atoms. The van der Waals surface area contributed by atoms with Crippen LogP contribution in [0.1, 0.15) is 36.2 Å². The molecule has 1 rings (SSSR count). The van der Waals surface area contributed by atoms with Gasteiger partial charge >= 0.3 is 6.18 Å². The van der Waals surface area contributed by atoms with Gasteiger partial charge in [0.2, 0.25) is 0 Å². The maximum Gasteiger partial charge on any atom is 0.416 e. The highest BCUT2D eigenvalue weighted by atomic mass is 35.5. The third kappa shape index (κ3) is 3.22. The van der Waals surface area contributed by atoms with Gasteiger partial charge in [0.15, 0.2) is 5.78 Å². The summed E-state index contributed by atoms with van der Waals surface area (Å²) in [5.41, 5.74) is -0.697. The number of alkyl halides is 3. The van der Waals surface area contributed by atoms with Gasteiger partial charge in [-0.25, -0.2) is 0 Å². The Hall–Kier alpha value is -1.03. The minimum Gasteiger partial charge on any atom is -0.294 e. The van der Waals surface area contributed by atoms with E-state index in [1.807, 2.05) is 6.92 Å². The molecule has 0 heterocycles. The average molecular weight is 265 g/mol. The van der Waals surface area contributed by atoms with Crippen LogP contribution in [0.2, 0.25) is 5.02 Å². The summed E-state index contributed by atoms with van der Waals surface area (Å²) in [4.78, 5) is 11.8. The Kier molecular flexibility index (Phi) is 4.20. The maximum atomic E-state index is 12.4. The lowest BCUT2D eigenvalue weighted by Gasteiger charge is -2.11. The van der Waals surface area contributed by atoms with Crippen LogP contribution in [0.4, 0.5) is 13.2 Å². The van der Waals surface area contributed by atoms with Crippen molar-refractivity contribution < 1.29 is 18.0 Å². The van der Waals surface area contributed by atoms with E-state index in [0.717, 1.165) is 18.2 Å². The number of halogens is 4. The Labute approximate surface area is 103 Å². The Morgan fingerprint density at radius 3 is 2.41 bits per heavy atom. The Morgan fingerprint density at radius 1 is 1.41 bits per heavy atom. The molecule has 0 aliphatic rings. The van der Waals surface area contributed by atoms with Crippen LogP contribution in [0.15, 0.2) is 18.2 Å². The summed E-state index contributed by atoms with van der Waals surface area (Å²) in [6.07, 6.45) is -3.82. The number of benzene rings is 1. The summed E-state index contributed by atoms with van der Waals surface area (Å²) in [6.45, 7) is 3.55. The number of ketones is 1. The summed E-state index contributed by atoms with van der Waals surface area (Å²) >= 11 is 5.71. The van der Waals surface area contributed by atoms with Crippen molar-refractivity contribution in [2.75, 3.05) is 0 Å². The summed E-state index contributed by atoms with van der Waals surface area (Å²) in [5, 5.41) is -0.148. The molecule has 0 aromatic heterocycles. The van der Waals surface area contributed by atoms with Crippen molar-refractivity contribution in [3.8, 4) is 0 Å². The smallest absolute Gasteiger partial charge is 0.294 e. The van der Waals surface area contributed by atoms with Crippen LogP contribution in [-0.2, 0) is 6.18 Å². The number of hydrogen-bond donors (Lipinski definition) is 0. The largest absolute Gasteiger partial charge is 0.416 e. The van der Waals surface area contributed by atoms with Gasteiger partial charge in [-0.1, -0.05) is 25.4 Å². The fourth-order valence-corrected chi connectivity index (χ4v) is 1.62. The number of carbonyl (C=O) groups is 1. The van der Waals surface area contributed by atoms with Crippen molar-refractivity contribution in [1.29, 1.82) is 0 Å². The van der Waals surface area contributed by atoms with Gasteiger partial charge in [-0.15, -0.1) is 0 Å². The van der Waals surface area contributed by atoms with Gasteiger partial charge in [-0.2, -0.15) is 13.2 Å². The van der Waals surface area contributed by atoms with Crippen LogP contribution in [0.5, 0.6) is 0 Å². The van der Waals surface area contributed by atoms with Gasteiger partial charge in [-0.3, -0.25) is 4.79 Å². The second-order valence-corrected chi connectivity index (χ2v) is 4.27. The lowest BCUT2D eigenvalue weighted by atomic mass is 9.96. The fraction of sp³-hybridized carbons (Fsp3) is 0.417. The number of hydrogen-bond acceptors (Lipinski definition) is 1. The lowest BCUT2D eigenvalue weighted by Crippen LogP contribution is -2.12. The van der Waals surface area contributed by atoms with E-state index in [4.69, 9.17) is 11.6 Å². The topological polar surface area (TPSA) is 17.1 Å². The molecule has 1 aromatic carbocycles. The molecule has 0 saturated heterocycles. The zero-order valence-corrected chi connectivity index (χ0v) is 10.2. The van der Waals surface area contributed by atoms with Crippen molar-refractivity contribution in [1.82, 2.24) is 0 Å². The Balaban J connectivity index is 3.11. The van der Waals surface area contributed by atoms with Crippen LogP contribution >= 0.6 is 11.6 Å². The minimum atomic E-state index is -4.44. The van der Waals surface area contributed by atoms with Crippen LogP contribution in [0.25, 0.3) is 0 Å². The zero-order valence-electron chi connectivity index (χ0n) is 9.44. The molecular formula is C12H12ClF3O. The molecule has 5 heteroatoms. The first-order valence-corrected chi connectivity index (χ1v) is 5.56. The van der Waals surface area contributed by atoms with Gasteiger partial charge in [0, 0.05) is 11.5 Å². The molecule has 0 aliphatic carbocycles. The number of carbonyl (C=O) groups excluding carboxylic acids is 1. The molecule has 0 N–H and O–H groups in total. The second kappa shape index (κ2) is 5.08. The number of Topliss-reactive ketones (excluding diaryl/α,β-unsaturated/α-hetero) is 1. The fourth-order valence-electron chi connectivity index (χ4n) is 1.34. The molecule has 0 saturated carbocycles. The number of rotatable bonds is 3. The Bertz CT molecular complexity index is 426.